The number of carbonyl (C=O) groups excluding carboxylic acids is 4. The zero-order chi connectivity index (χ0) is 17.1. The molecule has 9 heteroatoms. The van der Waals surface area contributed by atoms with E-state index in [0.717, 1.165) is 4.90 Å². The van der Waals surface area contributed by atoms with Gasteiger partial charge in [-0.3, -0.25) is 19.3 Å². The van der Waals surface area contributed by atoms with E-state index < -0.39 is 30.4 Å². The van der Waals surface area contributed by atoms with Crippen LogP contribution in [0.25, 0.3) is 0 Å². The van der Waals surface area contributed by atoms with E-state index in [4.69, 9.17) is 9.15 Å². The Labute approximate surface area is 137 Å². The van der Waals surface area contributed by atoms with Crippen molar-refractivity contribution in [1.82, 2.24) is 15.1 Å². The fourth-order valence-corrected chi connectivity index (χ4v) is 2.71. The van der Waals surface area contributed by atoms with Crippen LogP contribution in [0.4, 0.5) is 4.79 Å². The van der Waals surface area contributed by atoms with Crippen molar-refractivity contribution < 1.29 is 28.3 Å². The molecule has 24 heavy (non-hydrogen) atoms. The first-order valence-corrected chi connectivity index (χ1v) is 7.59. The lowest BCUT2D eigenvalue weighted by atomic mass is 10.1. The molecule has 0 aliphatic carbocycles. The first kappa shape index (κ1) is 16.0. The average molecular weight is 335 g/mol. The van der Waals surface area contributed by atoms with Gasteiger partial charge in [0.05, 0.1) is 18.7 Å². The fraction of sp³-hybridized carbons (Fsp3) is 0.467. The van der Waals surface area contributed by atoms with Crippen LogP contribution in [0, 0.1) is 5.92 Å². The Bertz CT molecular complexity index is 656. The first-order chi connectivity index (χ1) is 11.5. The van der Waals surface area contributed by atoms with Gasteiger partial charge in [0.1, 0.15) is 5.76 Å². The highest BCUT2D eigenvalue weighted by Crippen LogP contribution is 2.21. The van der Waals surface area contributed by atoms with Gasteiger partial charge >= 0.3 is 12.0 Å². The normalized spacial score (nSPS) is 20.4. The Morgan fingerprint density at radius 1 is 1.38 bits per heavy atom. The molecule has 0 bridgehead atoms. The summed E-state index contributed by atoms with van der Waals surface area (Å²) in [6, 6.07) is 2.98. The van der Waals surface area contributed by atoms with Crippen molar-refractivity contribution in [2.75, 3.05) is 26.2 Å². The van der Waals surface area contributed by atoms with Gasteiger partial charge in [0.15, 0.2) is 6.61 Å². The number of esters is 1. The van der Waals surface area contributed by atoms with E-state index in [1.807, 2.05) is 0 Å². The molecule has 1 aromatic heterocycles. The molecule has 128 valence electrons. The highest BCUT2D eigenvalue weighted by atomic mass is 16.5. The van der Waals surface area contributed by atoms with Gasteiger partial charge in [0.2, 0.25) is 5.91 Å². The van der Waals surface area contributed by atoms with E-state index in [-0.39, 0.29) is 25.4 Å². The van der Waals surface area contributed by atoms with Crippen molar-refractivity contribution in [2.45, 2.75) is 13.0 Å². The van der Waals surface area contributed by atoms with Crippen molar-refractivity contribution in [3.05, 3.63) is 24.2 Å². The van der Waals surface area contributed by atoms with E-state index in [1.165, 1.54) is 11.2 Å². The average Bonchev–Trinajstić information content (AvgIpc) is 3.28. The number of urea groups is 1. The lowest BCUT2D eigenvalue weighted by Gasteiger charge is -2.15. The summed E-state index contributed by atoms with van der Waals surface area (Å²) < 4.78 is 10.2. The molecule has 3 rings (SSSR count). The zero-order valence-corrected chi connectivity index (χ0v) is 12.9. The number of ether oxygens (including phenoxy) is 1. The van der Waals surface area contributed by atoms with Gasteiger partial charge in [0, 0.05) is 26.1 Å². The fourth-order valence-electron chi connectivity index (χ4n) is 2.71. The molecule has 0 spiro atoms. The smallest absolute Gasteiger partial charge is 0.324 e. The van der Waals surface area contributed by atoms with Crippen molar-refractivity contribution in [3.8, 4) is 0 Å². The molecular weight excluding hydrogens is 318 g/mol. The molecule has 1 N–H and O–H groups in total. The molecule has 0 unspecified atom stereocenters. The highest BCUT2D eigenvalue weighted by Gasteiger charge is 2.36. The van der Waals surface area contributed by atoms with Crippen molar-refractivity contribution in [3.63, 3.8) is 0 Å². The summed E-state index contributed by atoms with van der Waals surface area (Å²) in [6.45, 7) is 0.653. The number of hydrogen-bond donors (Lipinski definition) is 1. The largest absolute Gasteiger partial charge is 0.467 e. The zero-order valence-electron chi connectivity index (χ0n) is 12.9. The molecule has 2 aliphatic heterocycles. The second-order valence-corrected chi connectivity index (χ2v) is 5.64. The number of nitrogens with one attached hydrogen (secondary N) is 1. The lowest BCUT2D eigenvalue weighted by Crippen LogP contribution is -2.37. The Morgan fingerprint density at radius 2 is 2.21 bits per heavy atom. The number of nitrogens with zero attached hydrogens (tertiary/aromatic N) is 2. The minimum Gasteiger partial charge on any atom is -0.467 e. The third kappa shape index (κ3) is 3.39. The summed E-state index contributed by atoms with van der Waals surface area (Å²) in [6.07, 6.45) is 1.56. The molecule has 3 heterocycles. The molecule has 2 aliphatic rings. The second-order valence-electron chi connectivity index (χ2n) is 5.64. The quantitative estimate of drug-likeness (QED) is 0.742. The maximum Gasteiger partial charge on any atom is 0.324 e. The maximum absolute atomic E-state index is 12.0. The summed E-state index contributed by atoms with van der Waals surface area (Å²) in [5, 5.41) is 2.49. The molecule has 0 saturated carbocycles. The molecular formula is C15H17N3O6. The summed E-state index contributed by atoms with van der Waals surface area (Å²) in [4.78, 5) is 49.7. The summed E-state index contributed by atoms with van der Waals surface area (Å²) in [7, 11) is 0. The minimum atomic E-state index is -0.618. The summed E-state index contributed by atoms with van der Waals surface area (Å²) in [5.74, 6) is -1.34. The summed E-state index contributed by atoms with van der Waals surface area (Å²) in [5.41, 5.74) is 0. The van der Waals surface area contributed by atoms with E-state index in [2.05, 4.69) is 5.32 Å². The number of likely N-dealkylation sites (tertiary alicyclic amines) is 1. The molecule has 9 nitrogen and oxygen atoms in total. The van der Waals surface area contributed by atoms with Crippen LogP contribution in [0.5, 0.6) is 0 Å². The van der Waals surface area contributed by atoms with Crippen LogP contribution in [0.1, 0.15) is 12.2 Å². The predicted molar refractivity (Wildman–Crippen MR) is 78.3 cm³/mol. The van der Waals surface area contributed by atoms with Crippen LogP contribution in [-0.2, 0) is 25.7 Å². The van der Waals surface area contributed by atoms with Gasteiger partial charge in [-0.15, -0.1) is 0 Å². The van der Waals surface area contributed by atoms with Crippen LogP contribution in [-0.4, -0.2) is 59.9 Å². The number of furan rings is 1. The SMILES string of the molecule is O=C(OCC(=O)N1CCNC1=O)[C@H]1CC(=O)N(Cc2ccco2)C1. The van der Waals surface area contributed by atoms with Crippen molar-refractivity contribution >= 4 is 23.8 Å². The van der Waals surface area contributed by atoms with Gasteiger partial charge in [-0.2, -0.15) is 0 Å². The molecule has 2 saturated heterocycles. The number of imide groups is 1. The van der Waals surface area contributed by atoms with E-state index in [9.17, 15) is 19.2 Å². The standard InChI is InChI=1S/C15H17N3O6/c19-12-6-10(7-17(12)8-11-2-1-5-23-11)14(21)24-9-13(20)18-4-3-16-15(18)22/h1-2,5,10H,3-4,6-9H2,(H,16,22)/t10-/m0/s1. The minimum absolute atomic E-state index is 0.0396. The number of rotatable bonds is 5. The summed E-state index contributed by atoms with van der Waals surface area (Å²) >= 11 is 0. The Balaban J connectivity index is 1.48. The predicted octanol–water partition coefficient (Wildman–Crippen LogP) is -0.277. The molecule has 0 radical (unpaired) electrons. The third-order valence-electron chi connectivity index (χ3n) is 3.97. The van der Waals surface area contributed by atoms with Crippen LogP contribution < -0.4 is 5.32 Å². The van der Waals surface area contributed by atoms with Gasteiger partial charge in [0.25, 0.3) is 5.91 Å². The van der Waals surface area contributed by atoms with Crippen LogP contribution >= 0.6 is 0 Å². The molecule has 4 amide bonds. The first-order valence-electron chi connectivity index (χ1n) is 7.59. The molecule has 1 aromatic rings. The van der Waals surface area contributed by atoms with Gasteiger partial charge in [-0.05, 0) is 12.1 Å². The number of carbonyl (C=O) groups is 4. The monoisotopic (exact) mass is 335 g/mol. The van der Waals surface area contributed by atoms with Crippen LogP contribution in [0.3, 0.4) is 0 Å². The van der Waals surface area contributed by atoms with Crippen molar-refractivity contribution in [1.29, 1.82) is 0 Å². The van der Waals surface area contributed by atoms with E-state index in [0.29, 0.717) is 18.8 Å². The molecule has 2 fully saturated rings. The van der Waals surface area contributed by atoms with Crippen LogP contribution in [0.15, 0.2) is 22.8 Å². The second kappa shape index (κ2) is 6.73. The maximum atomic E-state index is 12.0. The molecule has 0 aromatic carbocycles. The van der Waals surface area contributed by atoms with E-state index in [1.54, 1.807) is 12.1 Å². The Kier molecular flexibility index (Phi) is 4.50. The lowest BCUT2D eigenvalue weighted by molar-refractivity contribution is -0.154. The van der Waals surface area contributed by atoms with E-state index >= 15 is 0 Å². The van der Waals surface area contributed by atoms with Gasteiger partial charge in [-0.25, -0.2) is 4.79 Å². The van der Waals surface area contributed by atoms with Gasteiger partial charge in [-0.1, -0.05) is 0 Å². The number of amides is 4. The Hall–Kier alpha value is -2.84. The van der Waals surface area contributed by atoms with Crippen molar-refractivity contribution in [2.24, 2.45) is 5.92 Å². The van der Waals surface area contributed by atoms with Crippen LogP contribution in [0.2, 0.25) is 0 Å². The number of hydrogen-bond acceptors (Lipinski definition) is 6. The highest BCUT2D eigenvalue weighted by molar-refractivity contribution is 5.97. The topological polar surface area (TPSA) is 109 Å². The molecule has 1 atom stereocenters. The Morgan fingerprint density at radius 3 is 2.88 bits per heavy atom. The third-order valence-corrected chi connectivity index (χ3v) is 3.97. The van der Waals surface area contributed by atoms with Gasteiger partial charge < -0.3 is 19.4 Å².